The van der Waals surface area contributed by atoms with E-state index in [0.717, 1.165) is 11.4 Å². The Kier molecular flexibility index (Phi) is 6.54. The first kappa shape index (κ1) is 20.4. The van der Waals surface area contributed by atoms with Gasteiger partial charge in [-0.2, -0.15) is 0 Å². The van der Waals surface area contributed by atoms with E-state index >= 15 is 0 Å². The molecule has 8 nitrogen and oxygen atoms in total. The normalized spacial score (nSPS) is 16.0. The lowest BCUT2D eigenvalue weighted by Crippen LogP contribution is -2.41. The van der Waals surface area contributed by atoms with E-state index < -0.39 is 5.92 Å². The topological polar surface area (TPSA) is 92.1 Å². The van der Waals surface area contributed by atoms with Crippen molar-refractivity contribution < 1.29 is 23.5 Å². The molecule has 1 atom stereocenters. The first-order chi connectivity index (χ1) is 14.0. The summed E-state index contributed by atoms with van der Waals surface area (Å²) in [5.74, 6) is 0.278. The predicted molar refractivity (Wildman–Crippen MR) is 106 cm³/mol. The van der Waals surface area contributed by atoms with E-state index in [1.165, 1.54) is 11.2 Å². The fourth-order valence-corrected chi connectivity index (χ4v) is 3.27. The van der Waals surface area contributed by atoms with Crippen LogP contribution in [0.15, 0.2) is 47.1 Å². The van der Waals surface area contributed by atoms with Crippen molar-refractivity contribution in [2.45, 2.75) is 19.9 Å². The van der Waals surface area contributed by atoms with Gasteiger partial charge in [0, 0.05) is 25.7 Å². The molecule has 1 aliphatic rings. The van der Waals surface area contributed by atoms with Gasteiger partial charge in [-0.1, -0.05) is 0 Å². The van der Waals surface area contributed by atoms with E-state index in [2.05, 4.69) is 5.32 Å². The third-order valence-corrected chi connectivity index (χ3v) is 4.73. The minimum atomic E-state index is -0.475. The maximum absolute atomic E-state index is 12.7. The number of carbonyl (C=O) groups excluding carboxylic acids is 3. The Morgan fingerprint density at radius 2 is 2.03 bits per heavy atom. The monoisotopic (exact) mass is 399 g/mol. The van der Waals surface area contributed by atoms with Gasteiger partial charge in [-0.25, -0.2) is 0 Å². The van der Waals surface area contributed by atoms with E-state index in [9.17, 15) is 14.4 Å². The van der Waals surface area contributed by atoms with Gasteiger partial charge in [0.15, 0.2) is 0 Å². The third kappa shape index (κ3) is 5.16. The summed E-state index contributed by atoms with van der Waals surface area (Å²) in [6.07, 6.45) is 1.66. The van der Waals surface area contributed by atoms with Gasteiger partial charge in [-0.05, 0) is 43.3 Å². The maximum atomic E-state index is 12.7. The number of anilines is 1. The molecule has 1 aromatic carbocycles. The van der Waals surface area contributed by atoms with Crippen molar-refractivity contribution in [1.29, 1.82) is 0 Å². The van der Waals surface area contributed by atoms with Crippen LogP contribution in [-0.4, -0.2) is 49.4 Å². The summed E-state index contributed by atoms with van der Waals surface area (Å²) >= 11 is 0. The number of amides is 3. The average Bonchev–Trinajstić information content (AvgIpc) is 3.36. The van der Waals surface area contributed by atoms with Crippen LogP contribution in [0.1, 0.15) is 19.1 Å². The average molecular weight is 399 g/mol. The van der Waals surface area contributed by atoms with Crippen molar-refractivity contribution in [1.82, 2.24) is 10.2 Å². The highest BCUT2D eigenvalue weighted by Crippen LogP contribution is 2.27. The minimum absolute atomic E-state index is 0.0761. The first-order valence-electron chi connectivity index (χ1n) is 9.55. The lowest BCUT2D eigenvalue weighted by molar-refractivity contribution is -0.138. The molecule has 0 radical (unpaired) electrons. The highest BCUT2D eigenvalue weighted by molar-refractivity contribution is 6.00. The van der Waals surface area contributed by atoms with Gasteiger partial charge >= 0.3 is 0 Å². The zero-order valence-electron chi connectivity index (χ0n) is 16.6. The van der Waals surface area contributed by atoms with Gasteiger partial charge in [-0.15, -0.1) is 0 Å². The molecule has 1 N–H and O–H groups in total. The van der Waals surface area contributed by atoms with Gasteiger partial charge in [0.25, 0.3) is 0 Å². The van der Waals surface area contributed by atoms with E-state index in [4.69, 9.17) is 9.15 Å². The van der Waals surface area contributed by atoms with E-state index in [1.807, 2.05) is 19.1 Å². The number of ether oxygens (including phenoxy) is 1. The molecule has 1 aromatic heterocycles. The largest absolute Gasteiger partial charge is 0.494 e. The molecule has 8 heteroatoms. The summed E-state index contributed by atoms with van der Waals surface area (Å²) in [5, 5.41) is 2.70. The highest BCUT2D eigenvalue weighted by atomic mass is 16.5. The number of carbonyl (C=O) groups is 3. The molecule has 0 aliphatic carbocycles. The minimum Gasteiger partial charge on any atom is -0.494 e. The van der Waals surface area contributed by atoms with Crippen molar-refractivity contribution in [2.75, 3.05) is 31.6 Å². The molecule has 29 heavy (non-hydrogen) atoms. The second-order valence-corrected chi connectivity index (χ2v) is 6.88. The molecule has 2 heterocycles. The van der Waals surface area contributed by atoms with Crippen LogP contribution in [0, 0.1) is 5.92 Å². The van der Waals surface area contributed by atoms with Crippen LogP contribution in [0.3, 0.4) is 0 Å². The molecule has 3 amide bonds. The fourth-order valence-electron chi connectivity index (χ4n) is 3.27. The van der Waals surface area contributed by atoms with Gasteiger partial charge in [0.1, 0.15) is 11.5 Å². The zero-order valence-corrected chi connectivity index (χ0v) is 16.6. The van der Waals surface area contributed by atoms with Crippen LogP contribution in [0.4, 0.5) is 5.69 Å². The van der Waals surface area contributed by atoms with Crippen molar-refractivity contribution in [3.8, 4) is 5.75 Å². The smallest absolute Gasteiger partial charge is 0.239 e. The maximum Gasteiger partial charge on any atom is 0.239 e. The van der Waals surface area contributed by atoms with Gasteiger partial charge < -0.3 is 24.3 Å². The van der Waals surface area contributed by atoms with Crippen LogP contribution in [0.5, 0.6) is 5.75 Å². The van der Waals surface area contributed by atoms with Gasteiger partial charge in [-0.3, -0.25) is 14.4 Å². The lowest BCUT2D eigenvalue weighted by atomic mass is 10.1. The summed E-state index contributed by atoms with van der Waals surface area (Å²) in [5.41, 5.74) is 0.729. The standard InChI is InChI=1S/C21H25N3O5/c1-3-28-17-8-6-16(7-9-17)24-13-15(11-20(24)26)21(27)23(2)14-19(25)22-12-18-5-4-10-29-18/h4-10,15H,3,11-14H2,1-2H3,(H,22,25)/t15-/m0/s1. The van der Waals surface area contributed by atoms with Crippen LogP contribution in [0.2, 0.25) is 0 Å². The first-order valence-corrected chi connectivity index (χ1v) is 9.55. The van der Waals surface area contributed by atoms with Crippen molar-refractivity contribution >= 4 is 23.4 Å². The fraction of sp³-hybridized carbons (Fsp3) is 0.381. The zero-order chi connectivity index (χ0) is 20.8. The number of furan rings is 1. The van der Waals surface area contributed by atoms with Crippen molar-refractivity contribution in [3.05, 3.63) is 48.4 Å². The number of nitrogens with one attached hydrogen (secondary N) is 1. The number of hydrogen-bond acceptors (Lipinski definition) is 5. The number of nitrogens with zero attached hydrogens (tertiary/aromatic N) is 2. The number of hydrogen-bond donors (Lipinski definition) is 1. The molecular formula is C21H25N3O5. The Hall–Kier alpha value is -3.29. The molecule has 3 rings (SSSR count). The number of benzene rings is 1. The van der Waals surface area contributed by atoms with E-state index in [0.29, 0.717) is 18.9 Å². The van der Waals surface area contributed by atoms with Crippen LogP contribution in [0.25, 0.3) is 0 Å². The van der Waals surface area contributed by atoms with Crippen LogP contribution >= 0.6 is 0 Å². The molecule has 1 fully saturated rings. The third-order valence-electron chi connectivity index (χ3n) is 4.73. The summed E-state index contributed by atoms with van der Waals surface area (Å²) in [4.78, 5) is 40.1. The van der Waals surface area contributed by atoms with Crippen molar-refractivity contribution in [2.24, 2.45) is 5.92 Å². The molecule has 0 saturated carbocycles. The molecule has 1 saturated heterocycles. The van der Waals surface area contributed by atoms with Gasteiger partial charge in [0.05, 0.1) is 31.9 Å². The Morgan fingerprint density at radius 1 is 1.28 bits per heavy atom. The highest BCUT2D eigenvalue weighted by Gasteiger charge is 2.36. The summed E-state index contributed by atoms with van der Waals surface area (Å²) in [7, 11) is 1.57. The Labute approximate surface area is 169 Å². The predicted octanol–water partition coefficient (Wildman–Crippen LogP) is 1.81. The Bertz CT molecular complexity index is 848. The SMILES string of the molecule is CCOc1ccc(N2C[C@@H](C(=O)N(C)CC(=O)NCc3ccco3)CC2=O)cc1. The molecule has 0 spiro atoms. The van der Waals surface area contributed by atoms with Crippen LogP contribution in [-0.2, 0) is 20.9 Å². The molecule has 154 valence electrons. The Morgan fingerprint density at radius 3 is 2.69 bits per heavy atom. The lowest BCUT2D eigenvalue weighted by Gasteiger charge is -2.21. The number of likely N-dealkylation sites (N-methyl/N-ethyl adjacent to an activating group) is 1. The van der Waals surface area contributed by atoms with Crippen LogP contribution < -0.4 is 15.0 Å². The number of rotatable bonds is 8. The quantitative estimate of drug-likeness (QED) is 0.731. The summed E-state index contributed by atoms with van der Waals surface area (Å²) in [6.45, 7) is 2.96. The summed E-state index contributed by atoms with van der Waals surface area (Å²) < 4.78 is 10.6. The second-order valence-electron chi connectivity index (χ2n) is 6.88. The molecule has 0 unspecified atom stereocenters. The molecule has 0 bridgehead atoms. The Balaban J connectivity index is 1.52. The second kappa shape index (κ2) is 9.27. The molecule has 1 aliphatic heterocycles. The summed E-state index contributed by atoms with van der Waals surface area (Å²) in [6, 6.07) is 10.7. The van der Waals surface area contributed by atoms with Gasteiger partial charge in [0.2, 0.25) is 17.7 Å². The molecule has 2 aromatic rings. The van der Waals surface area contributed by atoms with Crippen molar-refractivity contribution in [3.63, 3.8) is 0 Å². The van der Waals surface area contributed by atoms with E-state index in [1.54, 1.807) is 36.2 Å². The van der Waals surface area contributed by atoms with E-state index in [-0.39, 0.29) is 37.2 Å². The molecular weight excluding hydrogens is 374 g/mol.